The van der Waals surface area contributed by atoms with Crippen LogP contribution in [0.2, 0.25) is 5.02 Å². The minimum absolute atomic E-state index is 0.00854. The van der Waals surface area contributed by atoms with Gasteiger partial charge in [-0.25, -0.2) is 4.39 Å². The number of pyridine rings is 1. The maximum atomic E-state index is 13.2. The van der Waals surface area contributed by atoms with Crippen molar-refractivity contribution in [2.24, 2.45) is 0 Å². The van der Waals surface area contributed by atoms with E-state index in [9.17, 15) is 14.0 Å². The van der Waals surface area contributed by atoms with Crippen LogP contribution in [0.5, 0.6) is 0 Å². The second-order valence-corrected chi connectivity index (χ2v) is 3.81. The van der Waals surface area contributed by atoms with Crippen LogP contribution in [-0.2, 0) is 0 Å². The van der Waals surface area contributed by atoms with Crippen LogP contribution in [-0.4, -0.2) is 10.8 Å². The minimum atomic E-state index is -0.680. The predicted molar refractivity (Wildman–Crippen MR) is 59.5 cm³/mol. The monoisotopic (exact) mass is 239 g/mol. The zero-order chi connectivity index (χ0) is 11.9. The fourth-order valence-corrected chi connectivity index (χ4v) is 1.64. The minimum Gasteiger partial charge on any atom is -0.360 e. The van der Waals surface area contributed by atoms with E-state index in [1.165, 1.54) is 19.2 Å². The molecule has 1 aromatic carbocycles. The third kappa shape index (κ3) is 1.61. The van der Waals surface area contributed by atoms with E-state index in [0.717, 1.165) is 6.07 Å². The number of ketones is 1. The highest BCUT2D eigenvalue weighted by Crippen LogP contribution is 2.19. The van der Waals surface area contributed by atoms with Crippen LogP contribution in [0.4, 0.5) is 4.39 Å². The van der Waals surface area contributed by atoms with Crippen LogP contribution in [0.1, 0.15) is 17.3 Å². The summed E-state index contributed by atoms with van der Waals surface area (Å²) in [6.07, 6.45) is 1.31. The number of benzene rings is 1. The molecule has 0 aliphatic rings. The average molecular weight is 240 g/mol. The molecule has 1 heterocycles. The van der Waals surface area contributed by atoms with E-state index in [1.807, 2.05) is 0 Å². The van der Waals surface area contributed by atoms with Crippen LogP contribution in [0.3, 0.4) is 0 Å². The van der Waals surface area contributed by atoms with Gasteiger partial charge in [0.2, 0.25) is 0 Å². The smallest absolute Gasteiger partial charge is 0.200 e. The van der Waals surface area contributed by atoms with E-state index >= 15 is 0 Å². The summed E-state index contributed by atoms with van der Waals surface area (Å²) in [6.45, 7) is 1.28. The number of hydrogen-bond acceptors (Lipinski definition) is 2. The lowest BCUT2D eigenvalue weighted by molar-refractivity contribution is 0.101. The second-order valence-electron chi connectivity index (χ2n) is 3.40. The molecule has 0 bridgehead atoms. The van der Waals surface area contributed by atoms with Crippen LogP contribution in [0, 0.1) is 5.82 Å². The van der Waals surface area contributed by atoms with Gasteiger partial charge < -0.3 is 4.98 Å². The first-order valence-corrected chi connectivity index (χ1v) is 4.90. The van der Waals surface area contributed by atoms with Gasteiger partial charge in [-0.1, -0.05) is 11.6 Å². The third-order valence-electron chi connectivity index (χ3n) is 2.30. The van der Waals surface area contributed by atoms with Gasteiger partial charge in [-0.3, -0.25) is 9.59 Å². The summed E-state index contributed by atoms with van der Waals surface area (Å²) >= 11 is 5.58. The van der Waals surface area contributed by atoms with Crippen molar-refractivity contribution in [3.63, 3.8) is 0 Å². The van der Waals surface area contributed by atoms with E-state index in [0.29, 0.717) is 5.52 Å². The summed E-state index contributed by atoms with van der Waals surface area (Å²) in [7, 11) is 0. The molecule has 1 N–H and O–H groups in total. The fourth-order valence-electron chi connectivity index (χ4n) is 1.48. The number of carbonyl (C=O) groups is 1. The molecule has 1 aromatic heterocycles. The molecule has 2 aromatic rings. The number of rotatable bonds is 1. The Hall–Kier alpha value is -1.68. The molecule has 0 amide bonds. The van der Waals surface area contributed by atoms with Crippen molar-refractivity contribution in [1.82, 2.24) is 4.98 Å². The van der Waals surface area contributed by atoms with Crippen molar-refractivity contribution in [1.29, 1.82) is 0 Å². The van der Waals surface area contributed by atoms with Gasteiger partial charge in [0.1, 0.15) is 5.82 Å². The fraction of sp³-hybridized carbons (Fsp3) is 0.0909. The number of nitrogens with one attached hydrogen (secondary N) is 1. The summed E-state index contributed by atoms with van der Waals surface area (Å²) in [5.41, 5.74) is -0.0764. The Labute approximate surface area is 94.9 Å². The van der Waals surface area contributed by atoms with Gasteiger partial charge in [-0.05, 0) is 19.1 Å². The maximum Gasteiger partial charge on any atom is 0.200 e. The van der Waals surface area contributed by atoms with Gasteiger partial charge in [0.25, 0.3) is 0 Å². The van der Waals surface area contributed by atoms with Crippen LogP contribution in [0.25, 0.3) is 10.9 Å². The lowest BCUT2D eigenvalue weighted by Gasteiger charge is -2.01. The quantitative estimate of drug-likeness (QED) is 0.778. The lowest BCUT2D eigenvalue weighted by Crippen LogP contribution is -2.13. The predicted octanol–water partition coefficient (Wildman–Crippen LogP) is 2.52. The van der Waals surface area contributed by atoms with Gasteiger partial charge >= 0.3 is 0 Å². The Morgan fingerprint density at radius 1 is 1.44 bits per heavy atom. The van der Waals surface area contributed by atoms with Crippen molar-refractivity contribution < 1.29 is 9.18 Å². The van der Waals surface area contributed by atoms with Gasteiger partial charge in [0.05, 0.1) is 16.1 Å². The van der Waals surface area contributed by atoms with Gasteiger partial charge in [-0.15, -0.1) is 0 Å². The summed E-state index contributed by atoms with van der Waals surface area (Å²) in [6, 6.07) is 2.35. The molecule has 0 fully saturated rings. The first-order valence-electron chi connectivity index (χ1n) is 4.52. The molecule has 0 saturated carbocycles. The summed E-state index contributed by atoms with van der Waals surface area (Å²) in [5, 5.41) is 0.0494. The number of aromatic nitrogens is 1. The molecule has 5 heteroatoms. The number of Topliss-reactive ketones (excluding diaryl/α,β-unsaturated/α-hetero) is 1. The maximum absolute atomic E-state index is 13.2. The summed E-state index contributed by atoms with van der Waals surface area (Å²) in [4.78, 5) is 25.6. The molecule has 0 aliphatic heterocycles. The highest BCUT2D eigenvalue weighted by atomic mass is 35.5. The zero-order valence-corrected chi connectivity index (χ0v) is 9.06. The molecular formula is C11H7ClFNO2. The molecule has 16 heavy (non-hydrogen) atoms. The number of fused-ring (bicyclic) bond motifs is 1. The Morgan fingerprint density at radius 2 is 2.12 bits per heavy atom. The summed E-state index contributed by atoms with van der Waals surface area (Å²) < 4.78 is 13.2. The molecular weight excluding hydrogens is 233 g/mol. The molecule has 0 aliphatic carbocycles. The molecule has 3 nitrogen and oxygen atoms in total. The Bertz CT molecular complexity index is 648. The SMILES string of the molecule is CC(=O)c1c[nH]c2cc(Cl)c(F)cc2c1=O. The van der Waals surface area contributed by atoms with Gasteiger partial charge in [-0.2, -0.15) is 0 Å². The molecule has 0 radical (unpaired) electrons. The largest absolute Gasteiger partial charge is 0.360 e. The van der Waals surface area contributed by atoms with E-state index in [-0.39, 0.29) is 21.8 Å². The number of halogens is 2. The molecule has 0 saturated heterocycles. The van der Waals surface area contributed by atoms with Crippen molar-refractivity contribution in [2.45, 2.75) is 6.92 Å². The van der Waals surface area contributed by atoms with Crippen LogP contribution >= 0.6 is 11.6 Å². The molecule has 2 rings (SSSR count). The van der Waals surface area contributed by atoms with Crippen LogP contribution in [0.15, 0.2) is 23.1 Å². The standard InChI is InChI=1S/C11H7ClFNO2/c1-5(15)7-4-14-10-3-8(12)9(13)2-6(10)11(7)16/h2-4H,1H3,(H,14,16). The highest BCUT2D eigenvalue weighted by molar-refractivity contribution is 6.31. The first kappa shape index (κ1) is 10.8. The first-order chi connectivity index (χ1) is 7.50. The Morgan fingerprint density at radius 3 is 2.75 bits per heavy atom. The average Bonchev–Trinajstić information content (AvgIpc) is 2.21. The second kappa shape index (κ2) is 3.72. The number of hydrogen-bond donors (Lipinski definition) is 1. The third-order valence-corrected chi connectivity index (χ3v) is 2.59. The van der Waals surface area contributed by atoms with E-state index in [2.05, 4.69) is 4.98 Å². The summed E-state index contributed by atoms with van der Waals surface area (Å²) in [5.74, 6) is -1.04. The molecule has 82 valence electrons. The van der Waals surface area contributed by atoms with E-state index in [4.69, 9.17) is 11.6 Å². The Kier molecular flexibility index (Phi) is 2.52. The molecule has 0 unspecified atom stereocenters. The Balaban J connectivity index is 2.90. The molecule has 0 spiro atoms. The molecule has 0 atom stereocenters. The van der Waals surface area contributed by atoms with Gasteiger partial charge in [0.15, 0.2) is 11.2 Å². The number of H-pyrrole nitrogens is 1. The van der Waals surface area contributed by atoms with Crippen molar-refractivity contribution in [3.8, 4) is 0 Å². The van der Waals surface area contributed by atoms with Crippen LogP contribution < -0.4 is 5.43 Å². The van der Waals surface area contributed by atoms with E-state index in [1.54, 1.807) is 0 Å². The van der Waals surface area contributed by atoms with Crippen molar-refractivity contribution >= 4 is 28.3 Å². The van der Waals surface area contributed by atoms with Crippen molar-refractivity contribution in [3.05, 3.63) is 45.0 Å². The normalized spacial score (nSPS) is 10.7. The topological polar surface area (TPSA) is 49.9 Å². The van der Waals surface area contributed by atoms with E-state index < -0.39 is 11.2 Å². The van der Waals surface area contributed by atoms with Crippen molar-refractivity contribution in [2.75, 3.05) is 0 Å². The zero-order valence-electron chi connectivity index (χ0n) is 8.30. The number of aromatic amines is 1. The highest BCUT2D eigenvalue weighted by Gasteiger charge is 2.11. The lowest BCUT2D eigenvalue weighted by atomic mass is 10.1. The number of carbonyl (C=O) groups excluding carboxylic acids is 1. The van der Waals surface area contributed by atoms with Gasteiger partial charge in [0, 0.05) is 11.6 Å².